The molecule has 0 saturated heterocycles. The number of aliphatic hydroxyl groups excluding tert-OH is 1. The Morgan fingerprint density at radius 3 is 2.30 bits per heavy atom. The fraction of sp³-hybridized carbons (Fsp3) is 0.692. The van der Waals surface area contributed by atoms with Gasteiger partial charge in [0.2, 0.25) is 0 Å². The standard InChI is InChI=1S/C39H54O5/c1-24-15-20-38(34(43)44)21-22-39(23-28(41)12-9-26-7-10-27(40)11-8-26)29(33(38)25(24)2)13-14-31-36(5)18-17-32(42)35(3,4)30(36)16-19-37(31,39)6/h7-13,24-25,30-33,40,42H,14-23H2,1-6H3,(H,43,44)/b12-9+/t24-,25+,30+,31-,32+,33+,36+,37-,38+,39+/m1/s1. The van der Waals surface area contributed by atoms with Crippen molar-refractivity contribution >= 4 is 17.8 Å². The van der Waals surface area contributed by atoms with Crippen LogP contribution in [0.4, 0.5) is 0 Å². The van der Waals surface area contributed by atoms with Crippen molar-refractivity contribution in [3.63, 3.8) is 0 Å². The van der Waals surface area contributed by atoms with Crippen molar-refractivity contribution in [2.75, 3.05) is 0 Å². The average Bonchev–Trinajstić information content (AvgIpc) is 2.97. The zero-order valence-corrected chi connectivity index (χ0v) is 27.7. The number of carboxylic acid groups (broad SMARTS) is 1. The van der Waals surface area contributed by atoms with Gasteiger partial charge >= 0.3 is 5.97 Å². The van der Waals surface area contributed by atoms with Crippen LogP contribution < -0.4 is 0 Å². The zero-order chi connectivity index (χ0) is 31.9. The van der Waals surface area contributed by atoms with Crippen LogP contribution in [0.2, 0.25) is 0 Å². The van der Waals surface area contributed by atoms with Crippen LogP contribution in [0.5, 0.6) is 5.75 Å². The number of hydrogen-bond acceptors (Lipinski definition) is 4. The molecular weight excluding hydrogens is 548 g/mol. The van der Waals surface area contributed by atoms with Crippen LogP contribution in [-0.4, -0.2) is 33.2 Å². The number of aromatic hydroxyl groups is 1. The number of phenolic OH excluding ortho intramolecular Hbond substituents is 1. The molecule has 0 aliphatic heterocycles. The van der Waals surface area contributed by atoms with Crippen LogP contribution in [0.3, 0.4) is 0 Å². The molecule has 5 nitrogen and oxygen atoms in total. The lowest BCUT2D eigenvalue weighted by atomic mass is 9.32. The molecule has 0 aromatic heterocycles. The van der Waals surface area contributed by atoms with Gasteiger partial charge in [-0.05, 0) is 127 Å². The summed E-state index contributed by atoms with van der Waals surface area (Å²) < 4.78 is 0. The number of carbonyl (C=O) groups is 2. The van der Waals surface area contributed by atoms with E-state index in [-0.39, 0.29) is 45.7 Å². The van der Waals surface area contributed by atoms with E-state index in [4.69, 9.17) is 0 Å². The summed E-state index contributed by atoms with van der Waals surface area (Å²) in [5, 5.41) is 31.7. The van der Waals surface area contributed by atoms with Crippen molar-refractivity contribution in [1.29, 1.82) is 0 Å². The minimum atomic E-state index is -0.757. The van der Waals surface area contributed by atoms with Gasteiger partial charge in [0.25, 0.3) is 0 Å². The van der Waals surface area contributed by atoms with Gasteiger partial charge in [-0.2, -0.15) is 0 Å². The van der Waals surface area contributed by atoms with E-state index in [9.17, 15) is 24.9 Å². The van der Waals surface area contributed by atoms with Gasteiger partial charge in [0.05, 0.1) is 11.5 Å². The first-order valence-electron chi connectivity index (χ1n) is 17.2. The van der Waals surface area contributed by atoms with Crippen molar-refractivity contribution in [1.82, 2.24) is 0 Å². The molecule has 0 radical (unpaired) electrons. The summed E-state index contributed by atoms with van der Waals surface area (Å²) in [7, 11) is 0. The first-order valence-corrected chi connectivity index (χ1v) is 17.2. The van der Waals surface area contributed by atoms with Crippen LogP contribution >= 0.6 is 0 Å². The Morgan fingerprint density at radius 1 is 0.909 bits per heavy atom. The van der Waals surface area contributed by atoms with E-state index < -0.39 is 16.8 Å². The van der Waals surface area contributed by atoms with Crippen molar-refractivity contribution < 1.29 is 24.9 Å². The number of aliphatic hydroxyl groups is 1. The van der Waals surface area contributed by atoms with E-state index >= 15 is 0 Å². The van der Waals surface area contributed by atoms with Gasteiger partial charge in [-0.15, -0.1) is 0 Å². The number of carboxylic acids is 1. The number of ketones is 1. The predicted molar refractivity (Wildman–Crippen MR) is 174 cm³/mol. The number of fused-ring (bicyclic) bond motifs is 7. The van der Waals surface area contributed by atoms with Gasteiger partial charge in [-0.1, -0.05) is 71.4 Å². The number of hydrogen-bond donors (Lipinski definition) is 3. The summed E-state index contributed by atoms with van der Waals surface area (Å²) in [5.41, 5.74) is 0.745. The molecule has 10 atom stereocenters. The molecule has 0 bridgehead atoms. The monoisotopic (exact) mass is 602 g/mol. The summed E-state index contributed by atoms with van der Waals surface area (Å²) >= 11 is 0. The van der Waals surface area contributed by atoms with Crippen LogP contribution in [0.25, 0.3) is 6.08 Å². The summed E-state index contributed by atoms with van der Waals surface area (Å²) in [6.07, 6.45) is 13.9. The van der Waals surface area contributed by atoms with Crippen LogP contribution in [0.15, 0.2) is 42.0 Å². The minimum absolute atomic E-state index is 0.0441. The summed E-state index contributed by atoms with van der Waals surface area (Å²) in [6.45, 7) is 14.0. The van der Waals surface area contributed by atoms with Crippen molar-refractivity contribution in [3.8, 4) is 5.75 Å². The maximum atomic E-state index is 14.1. The van der Waals surface area contributed by atoms with E-state index in [1.54, 1.807) is 18.2 Å². The van der Waals surface area contributed by atoms with E-state index in [0.717, 1.165) is 50.5 Å². The van der Waals surface area contributed by atoms with E-state index in [1.165, 1.54) is 5.57 Å². The molecule has 5 heteroatoms. The number of carbonyl (C=O) groups excluding carboxylic acids is 1. The van der Waals surface area contributed by atoms with Crippen LogP contribution in [-0.2, 0) is 9.59 Å². The molecule has 4 fully saturated rings. The average molecular weight is 603 g/mol. The van der Waals surface area contributed by atoms with E-state index in [0.29, 0.717) is 37.0 Å². The number of phenols is 1. The molecule has 5 aliphatic rings. The smallest absolute Gasteiger partial charge is 0.310 e. The Bertz CT molecular complexity index is 1370. The summed E-state index contributed by atoms with van der Waals surface area (Å²) in [4.78, 5) is 27.3. The summed E-state index contributed by atoms with van der Waals surface area (Å²) in [5.74, 6) is 1.04. The maximum absolute atomic E-state index is 14.1. The molecule has 0 heterocycles. The second-order valence-electron chi connectivity index (χ2n) is 16.8. The van der Waals surface area contributed by atoms with Crippen molar-refractivity contribution in [3.05, 3.63) is 47.6 Å². The highest BCUT2D eigenvalue weighted by Gasteiger charge is 2.70. The third-order valence-electron chi connectivity index (χ3n) is 14.9. The zero-order valence-electron chi connectivity index (χ0n) is 27.7. The fourth-order valence-electron chi connectivity index (χ4n) is 12.2. The molecule has 0 amide bonds. The first-order chi connectivity index (χ1) is 20.6. The molecular formula is C39H54O5. The lowest BCUT2D eigenvalue weighted by Crippen LogP contribution is -2.66. The van der Waals surface area contributed by atoms with Gasteiger partial charge in [-0.25, -0.2) is 0 Å². The number of rotatable bonds is 5. The molecule has 4 saturated carbocycles. The van der Waals surface area contributed by atoms with Crippen LogP contribution in [0.1, 0.15) is 111 Å². The van der Waals surface area contributed by atoms with Crippen molar-refractivity contribution in [2.45, 2.75) is 112 Å². The molecule has 1 aromatic carbocycles. The van der Waals surface area contributed by atoms with Crippen LogP contribution in [0, 0.1) is 56.7 Å². The number of allylic oxidation sites excluding steroid dienone is 3. The number of aliphatic carboxylic acids is 1. The first kappa shape index (κ1) is 31.6. The molecule has 6 rings (SSSR count). The molecule has 3 N–H and O–H groups in total. The highest BCUT2D eigenvalue weighted by molar-refractivity contribution is 5.94. The summed E-state index contributed by atoms with van der Waals surface area (Å²) in [6, 6.07) is 6.90. The maximum Gasteiger partial charge on any atom is 0.310 e. The second-order valence-corrected chi connectivity index (χ2v) is 16.8. The van der Waals surface area contributed by atoms with E-state index in [2.05, 4.69) is 47.6 Å². The third kappa shape index (κ3) is 4.34. The SMILES string of the molecule is C[C@H]1[C@H](C)CC[C@]2(C(=O)O)CC[C@]3(CC(=O)/C=C/c4ccc(O)cc4)C(=CC[C@@H]4[C@@]5(C)CC[C@H](O)C(C)(C)[C@@H]5CC[C@]43C)[C@H]12. The Hall–Kier alpha value is -2.40. The lowest BCUT2D eigenvalue weighted by molar-refractivity contribution is -0.210. The molecule has 0 spiro atoms. The van der Waals surface area contributed by atoms with Gasteiger partial charge in [0, 0.05) is 11.8 Å². The van der Waals surface area contributed by atoms with Gasteiger partial charge in [0.1, 0.15) is 5.75 Å². The van der Waals surface area contributed by atoms with Gasteiger partial charge in [0.15, 0.2) is 5.78 Å². The largest absolute Gasteiger partial charge is 0.508 e. The molecule has 1 aromatic rings. The molecule has 5 aliphatic carbocycles. The number of benzene rings is 1. The molecule has 0 unspecified atom stereocenters. The lowest BCUT2D eigenvalue weighted by Gasteiger charge is -2.71. The Balaban J connectivity index is 1.47. The highest BCUT2D eigenvalue weighted by atomic mass is 16.4. The quantitative estimate of drug-likeness (QED) is 0.232. The van der Waals surface area contributed by atoms with Crippen molar-refractivity contribution in [2.24, 2.45) is 56.7 Å². The molecule has 44 heavy (non-hydrogen) atoms. The predicted octanol–water partition coefficient (Wildman–Crippen LogP) is 8.45. The van der Waals surface area contributed by atoms with E-state index in [1.807, 2.05) is 18.2 Å². The minimum Gasteiger partial charge on any atom is -0.508 e. The Labute approximate surface area is 264 Å². The topological polar surface area (TPSA) is 94.8 Å². The van der Waals surface area contributed by atoms with Gasteiger partial charge in [-0.3, -0.25) is 9.59 Å². The molecule has 240 valence electrons. The Morgan fingerprint density at radius 2 is 1.61 bits per heavy atom. The highest BCUT2D eigenvalue weighted by Crippen LogP contribution is 2.76. The van der Waals surface area contributed by atoms with Gasteiger partial charge < -0.3 is 15.3 Å². The second kappa shape index (κ2) is 10.6. The third-order valence-corrected chi connectivity index (χ3v) is 14.9. The Kier molecular flexibility index (Phi) is 7.59. The fourth-order valence-corrected chi connectivity index (χ4v) is 12.2. The normalized spacial score (nSPS) is 44.5.